The predicted octanol–water partition coefficient (Wildman–Crippen LogP) is 4.14. The van der Waals surface area contributed by atoms with Gasteiger partial charge in [-0.15, -0.1) is 0 Å². The molecule has 1 aliphatic rings. The largest absolute Gasteiger partial charge is 0.493 e. The zero-order chi connectivity index (χ0) is 14.2. The Kier molecular flexibility index (Phi) is 6.38. The van der Waals surface area contributed by atoms with E-state index in [2.05, 4.69) is 43.3 Å². The van der Waals surface area contributed by atoms with Crippen molar-refractivity contribution < 1.29 is 4.74 Å². The van der Waals surface area contributed by atoms with Crippen molar-refractivity contribution >= 4 is 0 Å². The summed E-state index contributed by atoms with van der Waals surface area (Å²) in [6, 6.07) is 8.65. The molecular weight excluding hydrogens is 246 g/mol. The van der Waals surface area contributed by atoms with E-state index in [-0.39, 0.29) is 0 Å². The molecule has 0 saturated heterocycles. The van der Waals surface area contributed by atoms with Crippen LogP contribution in [0.15, 0.2) is 24.3 Å². The maximum Gasteiger partial charge on any atom is 0.119 e. The summed E-state index contributed by atoms with van der Waals surface area (Å²) in [5, 5.41) is 0. The lowest BCUT2D eigenvalue weighted by atomic mass is 9.90. The number of nitrogens with zero attached hydrogens (tertiary/aromatic N) is 1. The highest BCUT2D eigenvalue weighted by Gasteiger charge is 2.13. The summed E-state index contributed by atoms with van der Waals surface area (Å²) in [6.45, 7) is 2.05. The maximum absolute atomic E-state index is 6.00. The quantitative estimate of drug-likeness (QED) is 0.741. The second-order valence-corrected chi connectivity index (χ2v) is 6.37. The Balaban J connectivity index is 1.76. The molecule has 0 heterocycles. The van der Waals surface area contributed by atoms with Gasteiger partial charge in [-0.1, -0.05) is 31.4 Å². The average molecular weight is 275 g/mol. The van der Waals surface area contributed by atoms with Crippen molar-refractivity contribution in [3.05, 3.63) is 29.8 Å². The molecule has 112 valence electrons. The van der Waals surface area contributed by atoms with Gasteiger partial charge in [-0.2, -0.15) is 0 Å². The monoisotopic (exact) mass is 275 g/mol. The Morgan fingerprint density at radius 3 is 2.70 bits per heavy atom. The minimum atomic E-state index is 0.779. The highest BCUT2D eigenvalue weighted by molar-refractivity contribution is 5.28. The summed E-state index contributed by atoms with van der Waals surface area (Å²) >= 11 is 0. The van der Waals surface area contributed by atoms with Crippen LogP contribution < -0.4 is 4.74 Å². The number of hydrogen-bond acceptors (Lipinski definition) is 2. The number of ether oxygens (including phenoxy) is 1. The topological polar surface area (TPSA) is 12.5 Å². The third-order valence-corrected chi connectivity index (χ3v) is 4.18. The Labute approximate surface area is 124 Å². The van der Waals surface area contributed by atoms with Gasteiger partial charge in [0.15, 0.2) is 0 Å². The van der Waals surface area contributed by atoms with Crippen molar-refractivity contribution in [1.29, 1.82) is 0 Å². The van der Waals surface area contributed by atoms with Gasteiger partial charge >= 0.3 is 0 Å². The van der Waals surface area contributed by atoms with Crippen molar-refractivity contribution in [3.63, 3.8) is 0 Å². The molecule has 0 unspecified atom stereocenters. The fourth-order valence-electron chi connectivity index (χ4n) is 2.96. The van der Waals surface area contributed by atoms with E-state index in [9.17, 15) is 0 Å². The second kappa shape index (κ2) is 8.31. The van der Waals surface area contributed by atoms with E-state index in [1.54, 1.807) is 0 Å². The van der Waals surface area contributed by atoms with Crippen LogP contribution in [0.25, 0.3) is 0 Å². The first-order valence-electron chi connectivity index (χ1n) is 8.10. The van der Waals surface area contributed by atoms with Gasteiger partial charge in [-0.05, 0) is 69.9 Å². The van der Waals surface area contributed by atoms with Crippen LogP contribution in [0, 0.1) is 5.92 Å². The van der Waals surface area contributed by atoms with Crippen LogP contribution in [-0.4, -0.2) is 32.1 Å². The molecule has 2 rings (SSSR count). The third kappa shape index (κ3) is 5.54. The number of benzene rings is 1. The van der Waals surface area contributed by atoms with Gasteiger partial charge < -0.3 is 9.64 Å². The Morgan fingerprint density at radius 1 is 1.15 bits per heavy atom. The van der Waals surface area contributed by atoms with Gasteiger partial charge in [0.2, 0.25) is 0 Å². The fourth-order valence-corrected chi connectivity index (χ4v) is 2.96. The molecule has 0 aromatic heterocycles. The van der Waals surface area contributed by atoms with Crippen LogP contribution in [0.5, 0.6) is 5.75 Å². The molecule has 0 amide bonds. The molecule has 0 spiro atoms. The molecule has 0 N–H and O–H groups in total. The van der Waals surface area contributed by atoms with Gasteiger partial charge in [-0.3, -0.25) is 0 Å². The van der Waals surface area contributed by atoms with Gasteiger partial charge in [-0.25, -0.2) is 0 Å². The molecule has 1 aliphatic carbocycles. The lowest BCUT2D eigenvalue weighted by molar-refractivity contribution is 0.208. The lowest BCUT2D eigenvalue weighted by Gasteiger charge is -2.21. The number of hydrogen-bond donors (Lipinski definition) is 0. The predicted molar refractivity (Wildman–Crippen MR) is 85.4 cm³/mol. The summed E-state index contributed by atoms with van der Waals surface area (Å²) in [5.74, 6) is 1.83. The Bertz CT molecular complexity index is 383. The SMILES string of the molecule is CN(C)CCCc1cccc(OCC2CCCCC2)c1. The van der Waals surface area contributed by atoms with E-state index in [1.807, 2.05) is 0 Å². The molecule has 1 saturated carbocycles. The third-order valence-electron chi connectivity index (χ3n) is 4.18. The zero-order valence-electron chi connectivity index (χ0n) is 13.1. The highest BCUT2D eigenvalue weighted by atomic mass is 16.5. The summed E-state index contributed by atoms with van der Waals surface area (Å²) in [6.07, 6.45) is 9.23. The van der Waals surface area contributed by atoms with Crippen molar-refractivity contribution in [3.8, 4) is 5.75 Å². The van der Waals surface area contributed by atoms with E-state index in [0.29, 0.717) is 0 Å². The van der Waals surface area contributed by atoms with Crippen molar-refractivity contribution in [2.45, 2.75) is 44.9 Å². The highest BCUT2D eigenvalue weighted by Crippen LogP contribution is 2.25. The van der Waals surface area contributed by atoms with Crippen LogP contribution in [-0.2, 0) is 6.42 Å². The Hall–Kier alpha value is -1.02. The van der Waals surface area contributed by atoms with Gasteiger partial charge in [0.1, 0.15) is 5.75 Å². The van der Waals surface area contributed by atoms with Gasteiger partial charge in [0.05, 0.1) is 6.61 Å². The smallest absolute Gasteiger partial charge is 0.119 e. The number of aryl methyl sites for hydroxylation is 1. The molecule has 0 radical (unpaired) electrons. The molecular formula is C18H29NO. The van der Waals surface area contributed by atoms with Gasteiger partial charge in [0.25, 0.3) is 0 Å². The van der Waals surface area contributed by atoms with E-state index in [0.717, 1.165) is 31.2 Å². The first kappa shape index (κ1) is 15.4. The molecule has 2 nitrogen and oxygen atoms in total. The minimum absolute atomic E-state index is 0.779. The molecule has 1 fully saturated rings. The summed E-state index contributed by atoms with van der Waals surface area (Å²) in [5.41, 5.74) is 1.40. The molecule has 0 aliphatic heterocycles. The van der Waals surface area contributed by atoms with Crippen LogP contribution in [0.1, 0.15) is 44.1 Å². The molecule has 0 bridgehead atoms. The van der Waals surface area contributed by atoms with E-state index in [1.165, 1.54) is 44.1 Å². The minimum Gasteiger partial charge on any atom is -0.493 e. The Morgan fingerprint density at radius 2 is 1.95 bits per heavy atom. The maximum atomic E-state index is 6.00. The average Bonchev–Trinajstić information content (AvgIpc) is 2.46. The zero-order valence-corrected chi connectivity index (χ0v) is 13.1. The van der Waals surface area contributed by atoms with Crippen LogP contribution in [0.4, 0.5) is 0 Å². The van der Waals surface area contributed by atoms with Crippen molar-refractivity contribution in [1.82, 2.24) is 4.90 Å². The molecule has 1 aromatic carbocycles. The fraction of sp³-hybridized carbons (Fsp3) is 0.667. The summed E-state index contributed by atoms with van der Waals surface area (Å²) < 4.78 is 6.00. The van der Waals surface area contributed by atoms with E-state index >= 15 is 0 Å². The van der Waals surface area contributed by atoms with E-state index in [4.69, 9.17) is 4.74 Å². The van der Waals surface area contributed by atoms with Crippen molar-refractivity contribution in [2.24, 2.45) is 5.92 Å². The van der Waals surface area contributed by atoms with Gasteiger partial charge in [0, 0.05) is 0 Å². The van der Waals surface area contributed by atoms with E-state index < -0.39 is 0 Å². The molecule has 20 heavy (non-hydrogen) atoms. The molecule has 1 aromatic rings. The summed E-state index contributed by atoms with van der Waals surface area (Å²) in [4.78, 5) is 2.24. The van der Waals surface area contributed by atoms with Crippen molar-refractivity contribution in [2.75, 3.05) is 27.2 Å². The first-order chi connectivity index (χ1) is 9.74. The van der Waals surface area contributed by atoms with Crippen LogP contribution in [0.2, 0.25) is 0 Å². The normalized spacial score (nSPS) is 16.6. The second-order valence-electron chi connectivity index (χ2n) is 6.37. The summed E-state index contributed by atoms with van der Waals surface area (Å²) in [7, 11) is 4.26. The van der Waals surface area contributed by atoms with Crippen LogP contribution in [0.3, 0.4) is 0 Å². The standard InChI is InChI=1S/C18H29NO/c1-19(2)13-7-11-16-10-6-12-18(14-16)20-15-17-8-4-3-5-9-17/h6,10,12,14,17H,3-5,7-9,11,13,15H2,1-2H3. The van der Waals surface area contributed by atoms with Crippen LogP contribution >= 0.6 is 0 Å². The molecule has 0 atom stereocenters. The molecule has 2 heteroatoms. The number of rotatable bonds is 7. The first-order valence-corrected chi connectivity index (χ1v) is 8.10. The lowest BCUT2D eigenvalue weighted by Crippen LogP contribution is -2.15.